The highest BCUT2D eigenvalue weighted by molar-refractivity contribution is 9.10. The third-order valence-corrected chi connectivity index (χ3v) is 4.73. The first kappa shape index (κ1) is 13.9. The zero-order chi connectivity index (χ0) is 13.9. The van der Waals surface area contributed by atoms with Crippen LogP contribution in [-0.4, -0.2) is 19.0 Å². The van der Waals surface area contributed by atoms with Crippen LogP contribution in [0.5, 0.6) is 11.5 Å². The van der Waals surface area contributed by atoms with Crippen LogP contribution in [0.1, 0.15) is 48.9 Å². The lowest BCUT2D eigenvalue weighted by atomic mass is 9.84. The largest absolute Gasteiger partial charge is 0.490 e. The molecule has 1 fully saturated rings. The van der Waals surface area contributed by atoms with Gasteiger partial charge in [0.05, 0.1) is 13.2 Å². The molecule has 0 bridgehead atoms. The highest BCUT2D eigenvalue weighted by Crippen LogP contribution is 2.37. The van der Waals surface area contributed by atoms with Gasteiger partial charge >= 0.3 is 0 Å². The first-order valence-corrected chi connectivity index (χ1v) is 8.18. The molecular weight excluding hydrogens is 320 g/mol. The molecule has 0 atom stereocenters. The number of ketones is 1. The molecule has 0 amide bonds. The maximum absolute atomic E-state index is 12.7. The van der Waals surface area contributed by atoms with Crippen LogP contribution in [0.25, 0.3) is 0 Å². The fourth-order valence-corrected chi connectivity index (χ4v) is 3.48. The number of rotatable bonds is 2. The quantitative estimate of drug-likeness (QED) is 0.751. The molecule has 1 aromatic carbocycles. The van der Waals surface area contributed by atoms with Crippen molar-refractivity contribution in [1.29, 1.82) is 0 Å². The van der Waals surface area contributed by atoms with Crippen molar-refractivity contribution in [1.82, 2.24) is 0 Å². The van der Waals surface area contributed by atoms with Crippen LogP contribution in [0.3, 0.4) is 0 Å². The smallest absolute Gasteiger partial charge is 0.167 e. The van der Waals surface area contributed by atoms with Crippen LogP contribution >= 0.6 is 15.9 Å². The second-order valence-corrected chi connectivity index (χ2v) is 6.38. The van der Waals surface area contributed by atoms with Gasteiger partial charge in [0.1, 0.15) is 0 Å². The van der Waals surface area contributed by atoms with E-state index in [1.54, 1.807) is 0 Å². The summed E-state index contributed by atoms with van der Waals surface area (Å²) in [5.74, 6) is 1.84. The molecule has 1 aromatic rings. The Morgan fingerprint density at radius 3 is 2.35 bits per heavy atom. The molecule has 3 nitrogen and oxygen atoms in total. The Kier molecular flexibility index (Phi) is 4.29. The van der Waals surface area contributed by atoms with Crippen LogP contribution in [-0.2, 0) is 0 Å². The van der Waals surface area contributed by atoms with Gasteiger partial charge in [-0.15, -0.1) is 0 Å². The zero-order valence-electron chi connectivity index (χ0n) is 11.5. The summed E-state index contributed by atoms with van der Waals surface area (Å²) in [6.45, 7) is 1.31. The van der Waals surface area contributed by atoms with Crippen LogP contribution in [0, 0.1) is 5.92 Å². The maximum atomic E-state index is 12.7. The average Bonchev–Trinajstić information content (AvgIpc) is 2.71. The summed E-state index contributed by atoms with van der Waals surface area (Å²) >= 11 is 3.51. The normalized spacial score (nSPS) is 19.4. The molecule has 0 radical (unpaired) electrons. The minimum absolute atomic E-state index is 0.171. The molecule has 1 heterocycles. The topological polar surface area (TPSA) is 35.5 Å². The summed E-state index contributed by atoms with van der Waals surface area (Å²) in [6, 6.07) is 3.72. The minimum Gasteiger partial charge on any atom is -0.490 e. The van der Waals surface area contributed by atoms with Crippen LogP contribution in [0.15, 0.2) is 16.6 Å². The number of halogens is 1. The molecule has 0 saturated heterocycles. The third kappa shape index (κ3) is 2.85. The monoisotopic (exact) mass is 338 g/mol. The third-order valence-electron chi connectivity index (χ3n) is 4.08. The Morgan fingerprint density at radius 2 is 1.65 bits per heavy atom. The van der Waals surface area contributed by atoms with Crippen molar-refractivity contribution < 1.29 is 14.3 Å². The molecule has 3 rings (SSSR count). The lowest BCUT2D eigenvalue weighted by molar-refractivity contribution is 0.0888. The van der Waals surface area contributed by atoms with Crippen molar-refractivity contribution in [2.24, 2.45) is 5.92 Å². The van der Waals surface area contributed by atoms with Gasteiger partial charge in [-0.05, 0) is 40.9 Å². The molecule has 0 unspecified atom stereocenters. The van der Waals surface area contributed by atoms with Gasteiger partial charge in [-0.1, -0.05) is 19.3 Å². The summed E-state index contributed by atoms with van der Waals surface area (Å²) in [6.07, 6.45) is 6.49. The number of hydrogen-bond donors (Lipinski definition) is 0. The second-order valence-electron chi connectivity index (χ2n) is 5.53. The van der Waals surface area contributed by atoms with Crippen molar-refractivity contribution in [2.45, 2.75) is 38.5 Å². The van der Waals surface area contributed by atoms with Crippen LogP contribution in [0.2, 0.25) is 0 Å². The number of Topliss-reactive ketones (excluding diaryl/α,β-unsaturated/α-hetero) is 1. The number of benzene rings is 1. The molecule has 0 aromatic heterocycles. The summed E-state index contributed by atoms with van der Waals surface area (Å²) in [5.41, 5.74) is 0.737. The van der Waals surface area contributed by atoms with E-state index in [0.717, 1.165) is 35.0 Å². The van der Waals surface area contributed by atoms with Gasteiger partial charge in [0.2, 0.25) is 0 Å². The molecule has 108 valence electrons. The molecule has 4 heteroatoms. The summed E-state index contributed by atoms with van der Waals surface area (Å²) in [4.78, 5) is 12.7. The summed E-state index contributed by atoms with van der Waals surface area (Å²) in [5, 5.41) is 0. The second kappa shape index (κ2) is 6.17. The predicted molar refractivity (Wildman–Crippen MR) is 80.7 cm³/mol. The summed E-state index contributed by atoms with van der Waals surface area (Å²) in [7, 11) is 0. The highest BCUT2D eigenvalue weighted by Gasteiger charge is 2.25. The van der Waals surface area contributed by atoms with E-state index in [1.165, 1.54) is 19.3 Å². The molecule has 0 N–H and O–H groups in total. The van der Waals surface area contributed by atoms with E-state index < -0.39 is 0 Å². The molecular formula is C16H19BrO3. The number of ether oxygens (including phenoxy) is 2. The summed E-state index contributed by atoms with van der Waals surface area (Å²) < 4.78 is 12.1. The fourth-order valence-electron chi connectivity index (χ4n) is 2.96. The van der Waals surface area contributed by atoms with E-state index in [4.69, 9.17) is 9.47 Å². The van der Waals surface area contributed by atoms with Crippen molar-refractivity contribution >= 4 is 21.7 Å². The molecule has 1 aliphatic heterocycles. The van der Waals surface area contributed by atoms with Gasteiger partial charge in [-0.2, -0.15) is 0 Å². The Balaban J connectivity index is 1.88. The minimum atomic E-state index is 0.171. The van der Waals surface area contributed by atoms with Gasteiger partial charge in [0, 0.05) is 22.4 Å². The van der Waals surface area contributed by atoms with E-state index >= 15 is 0 Å². The zero-order valence-corrected chi connectivity index (χ0v) is 13.1. The number of carbonyl (C=O) groups excluding carboxylic acids is 1. The van der Waals surface area contributed by atoms with Crippen LogP contribution in [0.4, 0.5) is 0 Å². The van der Waals surface area contributed by atoms with E-state index in [-0.39, 0.29) is 11.7 Å². The maximum Gasteiger partial charge on any atom is 0.167 e. The van der Waals surface area contributed by atoms with E-state index in [2.05, 4.69) is 15.9 Å². The van der Waals surface area contributed by atoms with E-state index in [0.29, 0.717) is 19.0 Å². The molecule has 0 spiro atoms. The van der Waals surface area contributed by atoms with Crippen molar-refractivity contribution in [3.8, 4) is 11.5 Å². The standard InChI is InChI=1S/C16H19BrO3/c17-13-10-15-14(19-7-4-8-20-15)9-12(13)16(18)11-5-2-1-3-6-11/h9-11H,1-8H2. The Labute approximate surface area is 127 Å². The van der Waals surface area contributed by atoms with E-state index in [9.17, 15) is 4.79 Å². The molecule has 1 aliphatic carbocycles. The molecule has 20 heavy (non-hydrogen) atoms. The lowest BCUT2D eigenvalue weighted by Gasteiger charge is -2.21. The van der Waals surface area contributed by atoms with Gasteiger partial charge < -0.3 is 9.47 Å². The van der Waals surface area contributed by atoms with E-state index in [1.807, 2.05) is 12.1 Å². The van der Waals surface area contributed by atoms with Gasteiger partial charge in [-0.25, -0.2) is 0 Å². The van der Waals surface area contributed by atoms with Crippen molar-refractivity contribution in [3.63, 3.8) is 0 Å². The fraction of sp³-hybridized carbons (Fsp3) is 0.562. The Hall–Kier alpha value is -1.03. The van der Waals surface area contributed by atoms with Gasteiger partial charge in [-0.3, -0.25) is 4.79 Å². The first-order valence-electron chi connectivity index (χ1n) is 7.39. The Bertz CT molecular complexity index is 507. The van der Waals surface area contributed by atoms with Crippen molar-refractivity contribution in [2.75, 3.05) is 13.2 Å². The number of fused-ring (bicyclic) bond motifs is 1. The van der Waals surface area contributed by atoms with Gasteiger partial charge in [0.25, 0.3) is 0 Å². The lowest BCUT2D eigenvalue weighted by Crippen LogP contribution is -2.18. The van der Waals surface area contributed by atoms with Crippen LogP contribution < -0.4 is 9.47 Å². The average molecular weight is 339 g/mol. The number of hydrogen-bond acceptors (Lipinski definition) is 3. The van der Waals surface area contributed by atoms with Crippen molar-refractivity contribution in [3.05, 3.63) is 22.2 Å². The highest BCUT2D eigenvalue weighted by atomic mass is 79.9. The molecule has 1 saturated carbocycles. The first-order chi connectivity index (χ1) is 9.75. The molecule has 2 aliphatic rings. The number of carbonyl (C=O) groups is 1. The Morgan fingerprint density at radius 1 is 1.00 bits per heavy atom. The SMILES string of the molecule is O=C(c1cc2c(cc1Br)OCCCO2)C1CCCCC1. The predicted octanol–water partition coefficient (Wildman–Crippen LogP) is 4.37. The van der Waals surface area contributed by atoms with Gasteiger partial charge in [0.15, 0.2) is 17.3 Å².